The van der Waals surface area contributed by atoms with Crippen LogP contribution in [0.5, 0.6) is 0 Å². The Balaban J connectivity index is 1.53. The Hall–Kier alpha value is -0.830. The second-order valence-corrected chi connectivity index (χ2v) is 8.93. The number of benzene rings is 1. The van der Waals surface area contributed by atoms with E-state index in [1.807, 2.05) is 0 Å². The quantitative estimate of drug-likeness (QED) is 0.677. The minimum Gasteiger partial charge on any atom is -0.360 e. The summed E-state index contributed by atoms with van der Waals surface area (Å²) in [4.78, 5) is 8.08. The van der Waals surface area contributed by atoms with E-state index in [1.54, 1.807) is 0 Å². The molecule has 3 heteroatoms. The molecule has 1 aromatic carbocycles. The number of fused-ring (bicyclic) bond motifs is 3. The summed E-state index contributed by atoms with van der Waals surface area (Å²) in [5.74, 6) is 3.80. The van der Waals surface area contributed by atoms with Crippen LogP contribution in [-0.4, -0.2) is 29.4 Å². The fraction of sp³-hybridized carbons (Fsp3) is 0.650. The van der Waals surface area contributed by atoms with Gasteiger partial charge in [-0.05, 0) is 68.1 Å². The molecule has 0 N–H and O–H groups in total. The zero-order valence-electron chi connectivity index (χ0n) is 13.7. The summed E-state index contributed by atoms with van der Waals surface area (Å²) < 4.78 is 1.19. The molecule has 0 radical (unpaired) electrons. The summed E-state index contributed by atoms with van der Waals surface area (Å²) in [6.07, 6.45) is 9.47. The molecule has 2 saturated carbocycles. The number of aliphatic imine (C=N–C) groups is 1. The zero-order chi connectivity index (χ0) is 15.4. The standard InChI is InChI=1S/C20H25BrN2/c21-17-7-4-14(5-8-17)19-15-3-6-16(13-15)20(19)10-9-18(22-20)23-11-1-2-12-23/h4-5,7-8,15-16,19H,1-3,6,9-13H2. The largest absolute Gasteiger partial charge is 0.360 e. The predicted molar refractivity (Wildman–Crippen MR) is 97.9 cm³/mol. The maximum absolute atomic E-state index is 5.49. The molecule has 1 spiro atoms. The fourth-order valence-corrected chi connectivity index (χ4v) is 6.32. The molecular weight excluding hydrogens is 348 g/mol. The van der Waals surface area contributed by atoms with Crippen molar-refractivity contribution in [3.8, 4) is 0 Å². The summed E-state index contributed by atoms with van der Waals surface area (Å²) in [5, 5.41) is 0. The Kier molecular flexibility index (Phi) is 3.37. The third-order valence-corrected chi connectivity index (χ3v) is 7.51. The summed E-state index contributed by atoms with van der Waals surface area (Å²) >= 11 is 3.59. The van der Waals surface area contributed by atoms with Crippen molar-refractivity contribution in [3.63, 3.8) is 0 Å². The smallest absolute Gasteiger partial charge is 0.0997 e. The molecule has 2 bridgehead atoms. The fourth-order valence-electron chi connectivity index (χ4n) is 6.05. The Morgan fingerprint density at radius 2 is 1.87 bits per heavy atom. The van der Waals surface area contributed by atoms with Gasteiger partial charge in [-0.1, -0.05) is 28.1 Å². The molecule has 5 rings (SSSR count). The molecule has 2 aliphatic heterocycles. The number of hydrogen-bond donors (Lipinski definition) is 0. The van der Waals surface area contributed by atoms with E-state index in [0.717, 1.165) is 11.8 Å². The van der Waals surface area contributed by atoms with Crippen molar-refractivity contribution in [2.75, 3.05) is 13.1 Å². The first-order chi connectivity index (χ1) is 11.3. The van der Waals surface area contributed by atoms with E-state index in [0.29, 0.717) is 5.92 Å². The van der Waals surface area contributed by atoms with Crippen LogP contribution in [0.3, 0.4) is 0 Å². The van der Waals surface area contributed by atoms with Gasteiger partial charge in [0.25, 0.3) is 0 Å². The van der Waals surface area contributed by atoms with Crippen molar-refractivity contribution >= 4 is 21.8 Å². The highest BCUT2D eigenvalue weighted by atomic mass is 79.9. The van der Waals surface area contributed by atoms with E-state index in [4.69, 9.17) is 4.99 Å². The van der Waals surface area contributed by atoms with E-state index in [-0.39, 0.29) is 5.54 Å². The lowest BCUT2D eigenvalue weighted by molar-refractivity contribution is 0.234. The molecule has 4 aliphatic rings. The molecule has 2 nitrogen and oxygen atoms in total. The first-order valence-electron chi connectivity index (χ1n) is 9.35. The Bertz CT molecular complexity index is 632. The van der Waals surface area contributed by atoms with Crippen LogP contribution in [0.2, 0.25) is 0 Å². The van der Waals surface area contributed by atoms with Gasteiger partial charge in [-0.3, -0.25) is 4.99 Å². The van der Waals surface area contributed by atoms with Crippen molar-refractivity contribution in [1.29, 1.82) is 0 Å². The lowest BCUT2D eigenvalue weighted by atomic mass is 9.69. The molecule has 1 saturated heterocycles. The molecule has 0 amide bonds. The van der Waals surface area contributed by atoms with E-state index in [9.17, 15) is 0 Å². The monoisotopic (exact) mass is 372 g/mol. The maximum Gasteiger partial charge on any atom is 0.0997 e. The van der Waals surface area contributed by atoms with Gasteiger partial charge in [0.15, 0.2) is 0 Å². The summed E-state index contributed by atoms with van der Waals surface area (Å²) in [6.45, 7) is 2.48. The van der Waals surface area contributed by atoms with Crippen LogP contribution in [0, 0.1) is 11.8 Å². The van der Waals surface area contributed by atoms with Gasteiger partial charge in [-0.25, -0.2) is 0 Å². The van der Waals surface area contributed by atoms with Gasteiger partial charge in [0.05, 0.1) is 11.4 Å². The lowest BCUT2D eigenvalue weighted by Gasteiger charge is -2.39. The van der Waals surface area contributed by atoms with Crippen LogP contribution in [0.1, 0.15) is 56.4 Å². The van der Waals surface area contributed by atoms with Crippen LogP contribution in [0.4, 0.5) is 0 Å². The molecular formula is C20H25BrN2. The van der Waals surface area contributed by atoms with Crippen LogP contribution in [0.15, 0.2) is 33.7 Å². The number of hydrogen-bond acceptors (Lipinski definition) is 2. The number of rotatable bonds is 1. The molecule has 2 heterocycles. The van der Waals surface area contributed by atoms with Gasteiger partial charge in [-0.15, -0.1) is 0 Å². The number of likely N-dealkylation sites (tertiary alicyclic amines) is 1. The maximum atomic E-state index is 5.49. The van der Waals surface area contributed by atoms with Crippen molar-refractivity contribution in [1.82, 2.24) is 4.90 Å². The van der Waals surface area contributed by atoms with E-state index in [2.05, 4.69) is 45.1 Å². The SMILES string of the molecule is Brc1ccc(C2C3CCC(C3)C23CCC(N2CCCC2)=N3)cc1. The average molecular weight is 373 g/mol. The number of halogens is 1. The Labute approximate surface area is 147 Å². The minimum atomic E-state index is 0.231. The van der Waals surface area contributed by atoms with Crippen LogP contribution in [-0.2, 0) is 0 Å². The van der Waals surface area contributed by atoms with E-state index >= 15 is 0 Å². The van der Waals surface area contributed by atoms with Crippen molar-refractivity contribution in [2.45, 2.75) is 56.4 Å². The molecule has 4 unspecified atom stereocenters. The van der Waals surface area contributed by atoms with Crippen LogP contribution >= 0.6 is 15.9 Å². The number of amidine groups is 1. The van der Waals surface area contributed by atoms with Gasteiger partial charge < -0.3 is 4.90 Å². The van der Waals surface area contributed by atoms with Gasteiger partial charge in [0.2, 0.25) is 0 Å². The third-order valence-electron chi connectivity index (χ3n) is 6.98. The van der Waals surface area contributed by atoms with Gasteiger partial charge in [0.1, 0.15) is 0 Å². The lowest BCUT2D eigenvalue weighted by Crippen LogP contribution is -2.38. The molecule has 23 heavy (non-hydrogen) atoms. The van der Waals surface area contributed by atoms with Gasteiger partial charge in [0, 0.05) is 29.9 Å². The third kappa shape index (κ3) is 2.15. The van der Waals surface area contributed by atoms with Crippen molar-refractivity contribution < 1.29 is 0 Å². The molecule has 122 valence electrons. The van der Waals surface area contributed by atoms with Gasteiger partial charge in [-0.2, -0.15) is 0 Å². The van der Waals surface area contributed by atoms with Gasteiger partial charge >= 0.3 is 0 Å². The minimum absolute atomic E-state index is 0.231. The second-order valence-electron chi connectivity index (χ2n) is 8.01. The highest BCUT2D eigenvalue weighted by molar-refractivity contribution is 9.10. The summed E-state index contributed by atoms with van der Waals surface area (Å²) in [5.41, 5.74) is 1.76. The highest BCUT2D eigenvalue weighted by Crippen LogP contribution is 2.63. The van der Waals surface area contributed by atoms with E-state index < -0.39 is 0 Å². The second kappa shape index (κ2) is 5.34. The molecule has 1 aromatic rings. The van der Waals surface area contributed by atoms with Crippen LogP contribution < -0.4 is 0 Å². The molecule has 2 aliphatic carbocycles. The molecule has 3 fully saturated rings. The Morgan fingerprint density at radius 1 is 1.09 bits per heavy atom. The summed E-state index contributed by atoms with van der Waals surface area (Å²) in [7, 11) is 0. The van der Waals surface area contributed by atoms with E-state index in [1.165, 1.54) is 73.9 Å². The first-order valence-corrected chi connectivity index (χ1v) is 10.1. The molecule has 0 aromatic heterocycles. The highest BCUT2D eigenvalue weighted by Gasteiger charge is 2.60. The Morgan fingerprint density at radius 3 is 2.65 bits per heavy atom. The van der Waals surface area contributed by atoms with Crippen molar-refractivity contribution in [2.24, 2.45) is 16.8 Å². The normalized spacial score (nSPS) is 38.7. The van der Waals surface area contributed by atoms with Crippen LogP contribution in [0.25, 0.3) is 0 Å². The topological polar surface area (TPSA) is 15.6 Å². The van der Waals surface area contributed by atoms with Crippen molar-refractivity contribution in [3.05, 3.63) is 34.3 Å². The predicted octanol–water partition coefficient (Wildman–Crippen LogP) is 4.99. The first kappa shape index (κ1) is 14.5. The molecule has 4 atom stereocenters. The summed E-state index contributed by atoms with van der Waals surface area (Å²) in [6, 6.07) is 9.13. The number of nitrogens with zero attached hydrogens (tertiary/aromatic N) is 2. The zero-order valence-corrected chi connectivity index (χ0v) is 15.3. The average Bonchev–Trinajstić information content (AvgIpc) is 3.33.